The first-order valence-electron chi connectivity index (χ1n) is 8.25. The molecule has 0 amide bonds. The Bertz CT molecular complexity index is 541. The fraction of sp³-hybridized carbons (Fsp3) is 0.611. The van der Waals surface area contributed by atoms with Gasteiger partial charge in [0.05, 0.1) is 27.2 Å². The minimum Gasteiger partial charge on any atom is -0.504 e. The highest BCUT2D eigenvalue weighted by Crippen LogP contribution is 2.27. The van der Waals surface area contributed by atoms with E-state index < -0.39 is 12.2 Å². The lowest BCUT2D eigenvalue weighted by molar-refractivity contribution is -0.872. The highest BCUT2D eigenvalue weighted by atomic mass is 16.3. The maximum absolute atomic E-state index is 10.6. The van der Waals surface area contributed by atoms with Crippen molar-refractivity contribution in [3.63, 3.8) is 0 Å². The second-order valence-electron chi connectivity index (χ2n) is 7.43. The molecule has 2 atom stereocenters. The number of ketones is 1. The second kappa shape index (κ2) is 10.4. The summed E-state index contributed by atoms with van der Waals surface area (Å²) in [6.07, 6.45) is -1.49. The summed E-state index contributed by atoms with van der Waals surface area (Å²) in [5, 5.41) is 40.3. The molecule has 144 valence electrons. The van der Waals surface area contributed by atoms with Gasteiger partial charge in [-0.05, 0) is 24.6 Å². The van der Waals surface area contributed by atoms with Crippen molar-refractivity contribution < 1.29 is 29.7 Å². The Morgan fingerprint density at radius 2 is 1.68 bits per heavy atom. The van der Waals surface area contributed by atoms with E-state index in [1.54, 1.807) is 6.07 Å². The molecule has 1 aromatic rings. The molecule has 0 saturated carbocycles. The maximum Gasteiger partial charge on any atom is 0.164 e. The zero-order valence-electron chi connectivity index (χ0n) is 16.0. The number of Topliss-reactive ketones (excluding diaryl/α,β-unsaturated/α-hetero) is 1. The minimum absolute atomic E-state index is 0.159. The van der Waals surface area contributed by atoms with E-state index in [-0.39, 0.29) is 17.3 Å². The summed E-state index contributed by atoms with van der Waals surface area (Å²) in [6.45, 7) is 6.28. The molecule has 0 aliphatic carbocycles. The molecule has 25 heavy (non-hydrogen) atoms. The first-order chi connectivity index (χ1) is 11.3. The van der Waals surface area contributed by atoms with Crippen molar-refractivity contribution in [2.24, 2.45) is 0 Å². The first-order valence-corrected chi connectivity index (χ1v) is 8.25. The van der Waals surface area contributed by atoms with Gasteiger partial charge in [-0.15, -0.1) is 0 Å². The molecule has 1 rings (SSSR count). The molecule has 5 N–H and O–H groups in total. The Balaban J connectivity index is 0.000000504. The number of benzene rings is 1. The highest BCUT2D eigenvalue weighted by molar-refractivity contribution is 5.80. The number of phenolic OH excluding ortho intramolecular Hbond substituents is 2. The zero-order chi connectivity index (χ0) is 19.8. The van der Waals surface area contributed by atoms with Crippen LogP contribution >= 0.6 is 0 Å². The predicted octanol–water partition coefficient (Wildman–Crippen LogP) is 0.772. The Morgan fingerprint density at radius 3 is 2.04 bits per heavy atom. The number of quaternary nitrogens is 1. The molecule has 1 aromatic carbocycles. The van der Waals surface area contributed by atoms with Crippen LogP contribution in [-0.2, 0) is 4.79 Å². The van der Waals surface area contributed by atoms with Crippen molar-refractivity contribution in [2.45, 2.75) is 39.0 Å². The molecular weight excluding hydrogens is 324 g/mol. The molecule has 0 saturated heterocycles. The number of aromatic hydroxyl groups is 2. The van der Waals surface area contributed by atoms with Crippen LogP contribution in [0.2, 0.25) is 0 Å². The van der Waals surface area contributed by atoms with Gasteiger partial charge in [0.15, 0.2) is 23.4 Å². The third kappa shape index (κ3) is 10.7. The molecule has 0 heterocycles. The van der Waals surface area contributed by atoms with E-state index in [1.807, 2.05) is 35.0 Å². The molecule has 0 aliphatic rings. The van der Waals surface area contributed by atoms with Crippen LogP contribution < -0.4 is 5.32 Å². The molecule has 2 unspecified atom stereocenters. The number of nitrogens with zero attached hydrogens (tertiary/aromatic N) is 1. The molecule has 0 spiro atoms. The number of carbonyl (C=O) groups excluding carboxylic acids is 1. The summed E-state index contributed by atoms with van der Waals surface area (Å²) in [5.74, 6) is -0.549. The lowest BCUT2D eigenvalue weighted by Gasteiger charge is -2.25. The number of aliphatic hydroxyl groups excluding tert-OH is 2. The zero-order valence-corrected chi connectivity index (χ0v) is 16.0. The van der Waals surface area contributed by atoms with Gasteiger partial charge in [0.2, 0.25) is 0 Å². The number of nitrogens with one attached hydrogen (secondary N) is 1. The molecule has 0 radical (unpaired) electrons. The van der Waals surface area contributed by atoms with Crippen LogP contribution in [0.4, 0.5) is 0 Å². The van der Waals surface area contributed by atoms with Crippen molar-refractivity contribution in [2.75, 3.05) is 34.2 Å². The van der Waals surface area contributed by atoms with Crippen molar-refractivity contribution in [3.05, 3.63) is 23.8 Å². The summed E-state index contributed by atoms with van der Waals surface area (Å²) < 4.78 is 0.612. The van der Waals surface area contributed by atoms with Crippen LogP contribution in [0, 0.1) is 0 Å². The topological polar surface area (TPSA) is 110 Å². The number of carbonyl (C=O) groups is 1. The minimum atomic E-state index is -0.806. The fourth-order valence-corrected chi connectivity index (χ4v) is 1.86. The van der Waals surface area contributed by atoms with Crippen molar-refractivity contribution in [1.29, 1.82) is 0 Å². The van der Waals surface area contributed by atoms with Crippen molar-refractivity contribution >= 4 is 5.78 Å². The third-order valence-corrected chi connectivity index (χ3v) is 3.29. The van der Waals surface area contributed by atoms with E-state index in [2.05, 4.69) is 5.32 Å². The predicted molar refractivity (Wildman–Crippen MR) is 97.5 cm³/mol. The largest absolute Gasteiger partial charge is 0.504 e. The van der Waals surface area contributed by atoms with E-state index in [0.717, 1.165) is 0 Å². The van der Waals surface area contributed by atoms with Crippen molar-refractivity contribution in [1.82, 2.24) is 5.32 Å². The van der Waals surface area contributed by atoms with E-state index in [0.29, 0.717) is 29.2 Å². The summed E-state index contributed by atoms with van der Waals surface area (Å²) in [7, 11) is 5.81. The molecular formula is C18H33N2O5+. The van der Waals surface area contributed by atoms with Gasteiger partial charge in [-0.3, -0.25) is 4.79 Å². The van der Waals surface area contributed by atoms with Crippen molar-refractivity contribution in [3.8, 4) is 11.5 Å². The Morgan fingerprint density at radius 1 is 1.12 bits per heavy atom. The van der Waals surface area contributed by atoms with E-state index >= 15 is 0 Å². The van der Waals surface area contributed by atoms with Gasteiger partial charge >= 0.3 is 0 Å². The van der Waals surface area contributed by atoms with Crippen LogP contribution in [0.3, 0.4) is 0 Å². The molecule has 0 aromatic heterocycles. The molecule has 7 nitrogen and oxygen atoms in total. The molecule has 0 aliphatic heterocycles. The smallest absolute Gasteiger partial charge is 0.164 e. The van der Waals surface area contributed by atoms with Gasteiger partial charge in [0.25, 0.3) is 0 Å². The number of phenols is 2. The van der Waals surface area contributed by atoms with Crippen LogP contribution in [-0.4, -0.2) is 77.1 Å². The number of aliphatic hydroxyl groups is 2. The van der Waals surface area contributed by atoms with Gasteiger partial charge < -0.3 is 30.2 Å². The summed E-state index contributed by atoms with van der Waals surface area (Å²) in [4.78, 5) is 10.6. The lowest BCUT2D eigenvalue weighted by atomic mass is 10.1. The fourth-order valence-electron chi connectivity index (χ4n) is 1.86. The van der Waals surface area contributed by atoms with Gasteiger partial charge in [-0.25, -0.2) is 0 Å². The summed E-state index contributed by atoms with van der Waals surface area (Å²) in [6, 6.07) is 4.61. The number of hydrogen-bond acceptors (Lipinski definition) is 6. The van der Waals surface area contributed by atoms with Gasteiger partial charge in [0.1, 0.15) is 6.54 Å². The number of rotatable bonds is 7. The first kappa shape index (κ1) is 23.3. The van der Waals surface area contributed by atoms with E-state index in [4.69, 9.17) is 10.2 Å². The highest BCUT2D eigenvalue weighted by Gasteiger charge is 2.18. The van der Waals surface area contributed by atoms with Crippen LogP contribution in [0.15, 0.2) is 18.2 Å². The Kier molecular flexibility index (Phi) is 9.66. The van der Waals surface area contributed by atoms with Crippen LogP contribution in [0.25, 0.3) is 0 Å². The number of likely N-dealkylation sites (N-methyl/N-ethyl adjacent to an activating group) is 1. The lowest BCUT2D eigenvalue weighted by Crippen LogP contribution is -2.43. The average molecular weight is 357 g/mol. The van der Waals surface area contributed by atoms with Crippen LogP contribution in [0.1, 0.15) is 32.4 Å². The Hall–Kier alpha value is -1.67. The molecule has 7 heteroatoms. The SMILES string of the molecule is CC(=O)C(O)C[N+](C)(C)C.CC(C)NCC(O)c1ccc(O)c(O)c1. The normalized spacial score (nSPS) is 13.8. The maximum atomic E-state index is 10.6. The van der Waals surface area contributed by atoms with Gasteiger partial charge in [-0.2, -0.15) is 0 Å². The third-order valence-electron chi connectivity index (χ3n) is 3.29. The van der Waals surface area contributed by atoms with Gasteiger partial charge in [0, 0.05) is 12.6 Å². The summed E-state index contributed by atoms with van der Waals surface area (Å²) >= 11 is 0. The molecule has 0 fully saturated rings. The summed E-state index contributed by atoms with van der Waals surface area (Å²) in [5.41, 5.74) is 0.582. The molecule has 0 bridgehead atoms. The second-order valence-corrected chi connectivity index (χ2v) is 7.43. The van der Waals surface area contributed by atoms with E-state index in [1.165, 1.54) is 19.1 Å². The van der Waals surface area contributed by atoms with Gasteiger partial charge in [-0.1, -0.05) is 19.9 Å². The van der Waals surface area contributed by atoms with E-state index in [9.17, 15) is 15.0 Å². The number of hydrogen-bond donors (Lipinski definition) is 5. The average Bonchev–Trinajstić information content (AvgIpc) is 2.46. The Labute approximate surface area is 150 Å². The standard InChI is InChI=1S/C11H17NO3.C7H16NO2/c1-7(2)12-6-11(15)8-3-4-9(13)10(14)5-8;1-6(9)7(10)5-8(2,3)4/h3-5,7,11-15H,6H2,1-2H3;7,10H,5H2,1-4H3/q;+1. The monoisotopic (exact) mass is 357 g/mol. The van der Waals surface area contributed by atoms with Crippen LogP contribution in [0.5, 0.6) is 11.5 Å². The quantitative estimate of drug-likeness (QED) is 0.364.